The number of hydrogen-bond donors (Lipinski definition) is 6. The van der Waals surface area contributed by atoms with E-state index in [1.165, 1.54) is 0 Å². The first-order chi connectivity index (χ1) is 23.0. The molecule has 18 nitrogen and oxygen atoms in total. The van der Waals surface area contributed by atoms with Crippen molar-refractivity contribution in [2.45, 2.75) is 102 Å². The summed E-state index contributed by atoms with van der Waals surface area (Å²) in [6.45, 7) is 7.14. The molecule has 0 radical (unpaired) electrons. The van der Waals surface area contributed by atoms with Crippen molar-refractivity contribution in [3.05, 3.63) is 11.9 Å². The number of rotatable bonds is 27. The number of amides is 1. The summed E-state index contributed by atoms with van der Waals surface area (Å²) in [5, 5.41) is 57.7. The zero-order valence-corrected chi connectivity index (χ0v) is 28.1. The van der Waals surface area contributed by atoms with Gasteiger partial charge in [0.15, 0.2) is 6.29 Å². The highest BCUT2D eigenvalue weighted by atomic mass is 16.7. The third kappa shape index (κ3) is 18.9. The number of ether oxygens (including phenoxy) is 7. The number of aliphatic hydroxyl groups is 3. The molecule has 18 heteroatoms. The highest BCUT2D eigenvalue weighted by Gasteiger charge is 2.37. The zero-order chi connectivity index (χ0) is 35.2. The predicted octanol–water partition coefficient (Wildman–Crippen LogP) is -1.83. The number of nitrogens with one attached hydrogen (secondary N) is 2. The molecule has 0 saturated carbocycles. The van der Waals surface area contributed by atoms with Crippen molar-refractivity contribution in [1.82, 2.24) is 20.3 Å². The minimum atomic E-state index is -1.19. The molecule has 0 aliphatic carbocycles. The smallest absolute Gasteiger partial charge is 0.220 e. The largest absolute Gasteiger partial charge is 0.594 e. The van der Waals surface area contributed by atoms with Crippen LogP contribution in [0.3, 0.4) is 0 Å². The molecule has 0 spiro atoms. The average molecular weight is 692 g/mol. The normalized spacial score (nSPS) is 20.5. The molecular weight excluding hydrogens is 636 g/mol. The third-order valence-electron chi connectivity index (χ3n) is 7.18. The molecule has 2 rings (SSSR count). The van der Waals surface area contributed by atoms with Gasteiger partial charge in [-0.1, -0.05) is 25.5 Å². The van der Waals surface area contributed by atoms with Crippen LogP contribution in [0.5, 0.6) is 0 Å². The van der Waals surface area contributed by atoms with Gasteiger partial charge in [-0.3, -0.25) is 10.2 Å². The van der Waals surface area contributed by atoms with Crippen molar-refractivity contribution in [2.75, 3.05) is 66.0 Å². The van der Waals surface area contributed by atoms with Gasteiger partial charge in [0.25, 0.3) is 0 Å². The van der Waals surface area contributed by atoms with E-state index in [9.17, 15) is 25.2 Å². The Balaban J connectivity index is 1.34. The van der Waals surface area contributed by atoms with Crippen LogP contribution < -0.4 is 16.2 Å². The van der Waals surface area contributed by atoms with Gasteiger partial charge in [-0.2, -0.15) is 0 Å². The highest BCUT2D eigenvalue weighted by molar-refractivity contribution is 5.75. The van der Waals surface area contributed by atoms with Crippen molar-refractivity contribution < 1.29 is 58.4 Å². The molecule has 1 aliphatic rings. The van der Waals surface area contributed by atoms with Gasteiger partial charge >= 0.3 is 0 Å². The minimum absolute atomic E-state index is 0.0471. The fraction of sp³-hybridized carbons (Fsp3) is 0.867. The third-order valence-corrected chi connectivity index (χ3v) is 7.18. The van der Waals surface area contributed by atoms with Crippen LogP contribution in [0.2, 0.25) is 0 Å². The average Bonchev–Trinajstić information content (AvgIpc) is 3.47. The lowest BCUT2D eigenvalue weighted by atomic mass is 9.95. The predicted molar refractivity (Wildman–Crippen MR) is 167 cm³/mol. The second kappa shape index (κ2) is 23.8. The molecule has 0 bridgehead atoms. The van der Waals surface area contributed by atoms with E-state index in [0.717, 1.165) is 6.42 Å². The Morgan fingerprint density at radius 3 is 2.46 bits per heavy atom. The molecule has 48 heavy (non-hydrogen) atoms. The fourth-order valence-electron chi connectivity index (χ4n) is 4.85. The van der Waals surface area contributed by atoms with E-state index in [-0.39, 0.29) is 38.2 Å². The molecular formula is C30H55N6O12-. The van der Waals surface area contributed by atoms with Crippen LogP contribution in [-0.4, -0.2) is 145 Å². The lowest BCUT2D eigenvalue weighted by Gasteiger charge is -2.36. The molecule has 0 aromatic carbocycles. The summed E-state index contributed by atoms with van der Waals surface area (Å²) in [6, 6.07) is -0.175. The Hall–Kier alpha value is -2.52. The van der Waals surface area contributed by atoms with E-state index in [1.807, 2.05) is 0 Å². The molecule has 5 atom stereocenters. The van der Waals surface area contributed by atoms with E-state index < -0.39 is 36.3 Å². The van der Waals surface area contributed by atoms with E-state index in [1.54, 1.807) is 24.7 Å². The summed E-state index contributed by atoms with van der Waals surface area (Å²) in [5.74, 6) is -0.0471. The quantitative estimate of drug-likeness (QED) is 0.0337. The highest BCUT2D eigenvalue weighted by Crippen LogP contribution is 2.21. The second-order valence-corrected chi connectivity index (χ2v) is 12.0. The van der Waals surface area contributed by atoms with Gasteiger partial charge in [0.2, 0.25) is 5.91 Å². The van der Waals surface area contributed by atoms with E-state index in [2.05, 4.69) is 15.6 Å². The number of nitrogens with two attached hydrogens (primary N) is 1. The zero-order valence-electron chi connectivity index (χ0n) is 28.1. The van der Waals surface area contributed by atoms with Gasteiger partial charge < -0.3 is 64.6 Å². The van der Waals surface area contributed by atoms with Crippen LogP contribution in [0.15, 0.2) is 6.20 Å². The van der Waals surface area contributed by atoms with Crippen LogP contribution >= 0.6 is 0 Å². The summed E-state index contributed by atoms with van der Waals surface area (Å²) >= 11 is 0. The number of nitrogens with zero attached hydrogens (tertiary/aromatic N) is 3. The number of aliphatic hydroxyl groups excluding tert-OH is 3. The first-order valence-corrected chi connectivity index (χ1v) is 16.4. The summed E-state index contributed by atoms with van der Waals surface area (Å²) in [5.41, 5.74) is 5.93. The number of hydrogen-bond acceptors (Lipinski definition) is 16. The lowest BCUT2D eigenvalue weighted by Crippen LogP contribution is -2.50. The van der Waals surface area contributed by atoms with Gasteiger partial charge in [-0.25, -0.2) is 4.68 Å². The first kappa shape index (κ1) is 41.7. The van der Waals surface area contributed by atoms with Crippen LogP contribution in [0, 0.1) is 5.41 Å². The van der Waals surface area contributed by atoms with Crippen LogP contribution in [-0.2, 0) is 51.1 Å². The topological polar surface area (TPSA) is 258 Å². The number of unbranched alkanes of at least 4 members (excludes halogenated alkanes) is 1. The summed E-state index contributed by atoms with van der Waals surface area (Å²) in [7, 11) is 0. The van der Waals surface area contributed by atoms with Gasteiger partial charge in [-0.05, 0) is 19.3 Å². The molecule has 2 heterocycles. The molecule has 1 unspecified atom stereocenters. The number of carbonyl (C=O) groups excluding carboxylic acids is 1. The summed E-state index contributed by atoms with van der Waals surface area (Å²) in [6.07, 6.45) is -0.0115. The SMILES string of the molecule is CC(C)(CC(N)CCCCC(=O)NCCOCCOCCOCCOCc1cn(CCO[C@@H]2O[C@H](CO)C[C@H](O)[C@H]2O)nn1)OC(=N)[O-]. The molecule has 1 fully saturated rings. The van der Waals surface area contributed by atoms with Gasteiger partial charge in [-0.15, -0.1) is 5.10 Å². The second-order valence-electron chi connectivity index (χ2n) is 12.0. The Bertz CT molecular complexity index is 1020. The summed E-state index contributed by atoms with van der Waals surface area (Å²) in [4.78, 5) is 12.0. The van der Waals surface area contributed by atoms with Gasteiger partial charge in [0.05, 0.1) is 91.0 Å². The maximum atomic E-state index is 12.0. The van der Waals surface area contributed by atoms with Gasteiger partial charge in [0, 0.05) is 31.0 Å². The number of carbonyl (C=O) groups is 1. The monoisotopic (exact) mass is 691 g/mol. The lowest BCUT2D eigenvalue weighted by molar-refractivity contribution is -0.271. The molecule has 1 saturated heterocycles. The van der Waals surface area contributed by atoms with E-state index in [0.29, 0.717) is 90.7 Å². The first-order valence-electron chi connectivity index (χ1n) is 16.4. The van der Waals surface area contributed by atoms with Crippen molar-refractivity contribution in [2.24, 2.45) is 5.73 Å². The maximum Gasteiger partial charge on any atom is 0.220 e. The van der Waals surface area contributed by atoms with Crippen molar-refractivity contribution in [3.63, 3.8) is 0 Å². The molecule has 7 N–H and O–H groups in total. The molecule has 1 amide bonds. The Kier molecular flexibility index (Phi) is 20.6. The van der Waals surface area contributed by atoms with Crippen LogP contribution in [0.25, 0.3) is 0 Å². The van der Waals surface area contributed by atoms with Crippen molar-refractivity contribution >= 4 is 12.0 Å². The minimum Gasteiger partial charge on any atom is -0.594 e. The van der Waals surface area contributed by atoms with Crippen LogP contribution in [0.4, 0.5) is 0 Å². The Morgan fingerprint density at radius 2 is 1.79 bits per heavy atom. The van der Waals surface area contributed by atoms with Crippen LogP contribution in [0.1, 0.15) is 58.1 Å². The van der Waals surface area contributed by atoms with E-state index >= 15 is 0 Å². The van der Waals surface area contributed by atoms with E-state index in [4.69, 9.17) is 44.3 Å². The Labute approximate surface area is 281 Å². The molecule has 1 aromatic rings. The summed E-state index contributed by atoms with van der Waals surface area (Å²) < 4.78 is 39.4. The molecule has 1 aliphatic heterocycles. The van der Waals surface area contributed by atoms with Gasteiger partial charge in [0.1, 0.15) is 17.9 Å². The standard InChI is InChI=1S/C30H56N6O12/c1-30(2,48-29(32)41)18-22(31)5-3-4-6-26(39)33-7-9-42-11-12-43-13-14-44-15-16-45-21-23-19-36(35-34-23)8-10-46-28-27(40)25(38)17-24(20-37)47-28/h19,22,24-25,27-28,37-38,40H,3-18,20-21,31H2,1-2H3,(H2,32,41)(H,33,39)/p-1/t22?,24-,25-,27+,28+/m0/s1. The Morgan fingerprint density at radius 1 is 1.12 bits per heavy atom. The molecule has 278 valence electrons. The number of aromatic nitrogens is 3. The fourth-order valence-corrected chi connectivity index (χ4v) is 4.85. The molecule has 1 aromatic heterocycles. The maximum absolute atomic E-state index is 12.0. The van der Waals surface area contributed by atoms with Crippen molar-refractivity contribution in [3.8, 4) is 0 Å². The van der Waals surface area contributed by atoms with Crippen molar-refractivity contribution in [1.29, 1.82) is 5.41 Å².